The van der Waals surface area contributed by atoms with Gasteiger partial charge in [0.15, 0.2) is 11.5 Å². The van der Waals surface area contributed by atoms with Gasteiger partial charge in [-0.2, -0.15) is 5.10 Å². The standard InChI is InChI=1S/C19H19BrN2O3/c1-4-9-25-19-16(20)10-14(11-18(19)24-3)12-21-22-13-15-7-5-6-8-17(15)23-2/h1,5-8,10-12,22H,9,13H2,2-3H3/b21-12-. The van der Waals surface area contributed by atoms with Gasteiger partial charge in [0.25, 0.3) is 0 Å². The van der Waals surface area contributed by atoms with E-state index in [4.69, 9.17) is 20.6 Å². The Morgan fingerprint density at radius 3 is 2.68 bits per heavy atom. The molecule has 0 heterocycles. The summed E-state index contributed by atoms with van der Waals surface area (Å²) in [4.78, 5) is 0. The van der Waals surface area contributed by atoms with Crippen molar-refractivity contribution in [2.45, 2.75) is 6.54 Å². The smallest absolute Gasteiger partial charge is 0.176 e. The third kappa shape index (κ3) is 5.16. The molecule has 6 heteroatoms. The molecule has 0 aliphatic carbocycles. The van der Waals surface area contributed by atoms with E-state index in [9.17, 15) is 0 Å². The van der Waals surface area contributed by atoms with Crippen LogP contribution in [0.2, 0.25) is 0 Å². The Balaban J connectivity index is 2.05. The quantitative estimate of drug-likeness (QED) is 0.416. The van der Waals surface area contributed by atoms with E-state index in [-0.39, 0.29) is 6.61 Å². The topological polar surface area (TPSA) is 52.1 Å². The molecule has 25 heavy (non-hydrogen) atoms. The minimum Gasteiger partial charge on any atom is -0.496 e. The van der Waals surface area contributed by atoms with Crippen LogP contribution in [0.5, 0.6) is 17.2 Å². The van der Waals surface area contributed by atoms with Crippen molar-refractivity contribution in [1.82, 2.24) is 5.43 Å². The molecule has 0 spiro atoms. The number of ether oxygens (including phenoxy) is 3. The molecule has 0 amide bonds. The summed E-state index contributed by atoms with van der Waals surface area (Å²) in [5.74, 6) is 4.40. The van der Waals surface area contributed by atoms with Gasteiger partial charge in [0.2, 0.25) is 0 Å². The summed E-state index contributed by atoms with van der Waals surface area (Å²) in [5, 5.41) is 4.24. The van der Waals surface area contributed by atoms with Crippen LogP contribution in [0.25, 0.3) is 0 Å². The average molecular weight is 403 g/mol. The van der Waals surface area contributed by atoms with Crippen molar-refractivity contribution in [3.05, 3.63) is 52.0 Å². The van der Waals surface area contributed by atoms with E-state index < -0.39 is 0 Å². The number of halogens is 1. The molecule has 2 aromatic carbocycles. The number of nitrogens with one attached hydrogen (secondary N) is 1. The molecule has 0 radical (unpaired) electrons. The lowest BCUT2D eigenvalue weighted by atomic mass is 10.2. The third-order valence-corrected chi connectivity index (χ3v) is 3.91. The van der Waals surface area contributed by atoms with Crippen molar-refractivity contribution in [2.75, 3.05) is 20.8 Å². The zero-order valence-electron chi connectivity index (χ0n) is 14.1. The largest absolute Gasteiger partial charge is 0.496 e. The summed E-state index contributed by atoms with van der Waals surface area (Å²) in [6.07, 6.45) is 6.93. The summed E-state index contributed by atoms with van der Waals surface area (Å²) in [6, 6.07) is 11.5. The molecule has 0 atom stereocenters. The van der Waals surface area contributed by atoms with Gasteiger partial charge in [-0.3, -0.25) is 0 Å². The molecule has 1 N–H and O–H groups in total. The van der Waals surface area contributed by atoms with Crippen LogP contribution < -0.4 is 19.6 Å². The first-order valence-electron chi connectivity index (χ1n) is 7.51. The fraction of sp³-hybridized carbons (Fsp3) is 0.211. The average Bonchev–Trinajstić information content (AvgIpc) is 2.64. The van der Waals surface area contributed by atoms with E-state index in [1.165, 1.54) is 0 Å². The zero-order valence-corrected chi connectivity index (χ0v) is 15.7. The second-order valence-corrected chi connectivity index (χ2v) is 5.79. The van der Waals surface area contributed by atoms with Crippen LogP contribution in [0.4, 0.5) is 0 Å². The van der Waals surface area contributed by atoms with Gasteiger partial charge < -0.3 is 19.6 Å². The van der Waals surface area contributed by atoms with Gasteiger partial charge in [0.1, 0.15) is 12.4 Å². The molecular formula is C19H19BrN2O3. The summed E-state index contributed by atoms with van der Waals surface area (Å²) < 4.78 is 16.9. The summed E-state index contributed by atoms with van der Waals surface area (Å²) in [6.45, 7) is 0.727. The number of para-hydroxylation sites is 1. The zero-order chi connectivity index (χ0) is 18.1. The van der Waals surface area contributed by atoms with Gasteiger partial charge in [0.05, 0.1) is 31.5 Å². The highest BCUT2D eigenvalue weighted by molar-refractivity contribution is 9.10. The molecular weight excluding hydrogens is 384 g/mol. The van der Waals surface area contributed by atoms with Gasteiger partial charge in [0, 0.05) is 5.56 Å². The highest BCUT2D eigenvalue weighted by atomic mass is 79.9. The molecule has 0 aliphatic heterocycles. The van der Waals surface area contributed by atoms with Crippen molar-refractivity contribution >= 4 is 22.1 Å². The predicted octanol–water partition coefficient (Wildman–Crippen LogP) is 3.60. The number of benzene rings is 2. The van der Waals surface area contributed by atoms with E-state index in [0.717, 1.165) is 21.3 Å². The number of rotatable bonds is 8. The molecule has 5 nitrogen and oxygen atoms in total. The van der Waals surface area contributed by atoms with Crippen LogP contribution in [0.1, 0.15) is 11.1 Å². The normalized spacial score (nSPS) is 10.3. The number of nitrogens with zero attached hydrogens (tertiary/aromatic N) is 1. The second kappa shape index (κ2) is 9.60. The Morgan fingerprint density at radius 2 is 1.96 bits per heavy atom. The van der Waals surface area contributed by atoms with Crippen LogP contribution >= 0.6 is 15.9 Å². The van der Waals surface area contributed by atoms with Crippen molar-refractivity contribution < 1.29 is 14.2 Å². The van der Waals surface area contributed by atoms with Crippen molar-refractivity contribution in [2.24, 2.45) is 5.10 Å². The summed E-state index contributed by atoms with van der Waals surface area (Å²) in [7, 11) is 3.22. The van der Waals surface area contributed by atoms with Gasteiger partial charge >= 0.3 is 0 Å². The first-order valence-corrected chi connectivity index (χ1v) is 8.30. The molecule has 0 saturated heterocycles. The van der Waals surface area contributed by atoms with Gasteiger partial charge in [-0.15, -0.1) is 6.42 Å². The van der Waals surface area contributed by atoms with E-state index in [2.05, 4.69) is 32.4 Å². The molecule has 130 valence electrons. The molecule has 2 rings (SSSR count). The first-order chi connectivity index (χ1) is 12.2. The fourth-order valence-corrected chi connectivity index (χ4v) is 2.74. The Kier molecular flexibility index (Phi) is 7.17. The third-order valence-electron chi connectivity index (χ3n) is 3.32. The molecule has 0 fully saturated rings. The lowest BCUT2D eigenvalue weighted by Gasteiger charge is -2.11. The highest BCUT2D eigenvalue weighted by Gasteiger charge is 2.10. The Labute approximate surface area is 156 Å². The Morgan fingerprint density at radius 1 is 1.20 bits per heavy atom. The number of hydrogen-bond acceptors (Lipinski definition) is 5. The molecule has 2 aromatic rings. The van der Waals surface area contributed by atoms with Crippen LogP contribution in [0, 0.1) is 12.3 Å². The van der Waals surface area contributed by atoms with E-state index in [0.29, 0.717) is 18.0 Å². The van der Waals surface area contributed by atoms with E-state index in [1.54, 1.807) is 20.4 Å². The second-order valence-electron chi connectivity index (χ2n) is 4.93. The maximum Gasteiger partial charge on any atom is 0.176 e. The van der Waals surface area contributed by atoms with E-state index in [1.807, 2.05) is 36.4 Å². The molecule has 0 aromatic heterocycles. The monoisotopic (exact) mass is 402 g/mol. The number of hydrogen-bond donors (Lipinski definition) is 1. The van der Waals surface area contributed by atoms with Gasteiger partial charge in [-0.1, -0.05) is 24.1 Å². The van der Waals surface area contributed by atoms with Gasteiger partial charge in [-0.05, 0) is 39.7 Å². The van der Waals surface area contributed by atoms with Crippen LogP contribution in [0.3, 0.4) is 0 Å². The predicted molar refractivity (Wildman–Crippen MR) is 102 cm³/mol. The van der Waals surface area contributed by atoms with Gasteiger partial charge in [-0.25, -0.2) is 0 Å². The summed E-state index contributed by atoms with van der Waals surface area (Å²) in [5.41, 5.74) is 4.88. The SMILES string of the molecule is C#CCOc1c(Br)cc(/C=N\NCc2ccccc2OC)cc1OC. The van der Waals surface area contributed by atoms with Crippen LogP contribution in [-0.2, 0) is 6.54 Å². The molecule has 0 bridgehead atoms. The van der Waals surface area contributed by atoms with Crippen LogP contribution in [-0.4, -0.2) is 27.0 Å². The van der Waals surface area contributed by atoms with Crippen molar-refractivity contribution in [3.8, 4) is 29.6 Å². The van der Waals surface area contributed by atoms with Crippen molar-refractivity contribution in [3.63, 3.8) is 0 Å². The number of hydrazone groups is 1. The first kappa shape index (κ1) is 18.7. The Bertz CT molecular complexity index is 785. The molecule has 0 aliphatic rings. The molecule has 0 saturated carbocycles. The maximum atomic E-state index is 5.49. The lowest BCUT2D eigenvalue weighted by Crippen LogP contribution is -2.07. The summed E-state index contributed by atoms with van der Waals surface area (Å²) >= 11 is 3.46. The fourth-order valence-electron chi connectivity index (χ4n) is 2.17. The highest BCUT2D eigenvalue weighted by Crippen LogP contribution is 2.36. The lowest BCUT2D eigenvalue weighted by molar-refractivity contribution is 0.329. The maximum absolute atomic E-state index is 5.49. The minimum absolute atomic E-state index is 0.170. The van der Waals surface area contributed by atoms with Crippen molar-refractivity contribution in [1.29, 1.82) is 0 Å². The minimum atomic E-state index is 0.170. The number of terminal acetylenes is 1. The number of methoxy groups -OCH3 is 2. The van der Waals surface area contributed by atoms with E-state index >= 15 is 0 Å². The van der Waals surface area contributed by atoms with Crippen LogP contribution in [0.15, 0.2) is 46.0 Å². The Hall–Kier alpha value is -2.65. The molecule has 0 unspecified atom stereocenters.